The minimum absolute atomic E-state index is 0.0895. The average Bonchev–Trinajstić information content (AvgIpc) is 2.61. The number of hydrogen-bond acceptors (Lipinski definition) is 2. The van der Waals surface area contributed by atoms with E-state index in [4.69, 9.17) is 10.2 Å². The summed E-state index contributed by atoms with van der Waals surface area (Å²) in [5, 5.41) is 0. The standard InChI is InChI=1S/C11H17NO/c1-3-5-6-10(12)9-7-8-13-11(9)4-2/h3,7-8,10H,1,4-6,12H2,2H3. The van der Waals surface area contributed by atoms with E-state index in [9.17, 15) is 0 Å². The van der Waals surface area contributed by atoms with Crippen molar-refractivity contribution < 1.29 is 4.42 Å². The molecule has 1 aromatic rings. The molecule has 2 N–H and O–H groups in total. The van der Waals surface area contributed by atoms with E-state index in [-0.39, 0.29) is 6.04 Å². The van der Waals surface area contributed by atoms with Crippen molar-refractivity contribution in [2.75, 3.05) is 0 Å². The van der Waals surface area contributed by atoms with Gasteiger partial charge in [0.25, 0.3) is 0 Å². The molecule has 1 aromatic heterocycles. The molecule has 0 fully saturated rings. The molecule has 1 heterocycles. The maximum Gasteiger partial charge on any atom is 0.108 e. The largest absolute Gasteiger partial charge is 0.469 e. The molecule has 0 saturated heterocycles. The number of furan rings is 1. The van der Waals surface area contributed by atoms with Gasteiger partial charge in [0.15, 0.2) is 0 Å². The first kappa shape index (κ1) is 10.1. The van der Waals surface area contributed by atoms with Crippen LogP contribution < -0.4 is 5.73 Å². The molecule has 0 aliphatic heterocycles. The Kier molecular flexibility index (Phi) is 3.77. The molecule has 0 amide bonds. The Hall–Kier alpha value is -1.02. The fraction of sp³-hybridized carbons (Fsp3) is 0.455. The van der Waals surface area contributed by atoms with Crippen molar-refractivity contribution in [3.8, 4) is 0 Å². The van der Waals surface area contributed by atoms with Gasteiger partial charge in [-0.15, -0.1) is 6.58 Å². The number of aryl methyl sites for hydroxylation is 1. The van der Waals surface area contributed by atoms with Crippen LogP contribution in [0.5, 0.6) is 0 Å². The molecule has 1 atom stereocenters. The lowest BCUT2D eigenvalue weighted by molar-refractivity contribution is 0.503. The van der Waals surface area contributed by atoms with E-state index in [1.807, 2.05) is 12.1 Å². The Balaban J connectivity index is 2.63. The van der Waals surface area contributed by atoms with Crippen LogP contribution in [0.25, 0.3) is 0 Å². The summed E-state index contributed by atoms with van der Waals surface area (Å²) in [6.07, 6.45) is 6.41. The van der Waals surface area contributed by atoms with Crippen molar-refractivity contribution >= 4 is 0 Å². The van der Waals surface area contributed by atoms with E-state index in [2.05, 4.69) is 13.5 Å². The van der Waals surface area contributed by atoms with Gasteiger partial charge in [-0.1, -0.05) is 13.0 Å². The minimum atomic E-state index is 0.0895. The van der Waals surface area contributed by atoms with Gasteiger partial charge in [0.1, 0.15) is 5.76 Å². The molecule has 13 heavy (non-hydrogen) atoms. The van der Waals surface area contributed by atoms with Gasteiger partial charge >= 0.3 is 0 Å². The molecule has 0 radical (unpaired) electrons. The van der Waals surface area contributed by atoms with Crippen LogP contribution in [0.3, 0.4) is 0 Å². The van der Waals surface area contributed by atoms with Crippen LogP contribution in [0, 0.1) is 0 Å². The monoisotopic (exact) mass is 179 g/mol. The molecule has 0 aromatic carbocycles. The summed E-state index contributed by atoms with van der Waals surface area (Å²) >= 11 is 0. The lowest BCUT2D eigenvalue weighted by Gasteiger charge is -2.09. The molecule has 72 valence electrons. The van der Waals surface area contributed by atoms with Crippen LogP contribution in [0.15, 0.2) is 29.4 Å². The summed E-state index contributed by atoms with van der Waals surface area (Å²) in [7, 11) is 0. The van der Waals surface area contributed by atoms with E-state index in [1.165, 1.54) is 0 Å². The SMILES string of the molecule is C=CCCC(N)c1ccoc1CC. The third kappa shape index (κ3) is 2.46. The van der Waals surface area contributed by atoms with Gasteiger partial charge < -0.3 is 10.2 Å². The molecule has 2 nitrogen and oxygen atoms in total. The Morgan fingerprint density at radius 3 is 3.08 bits per heavy atom. The highest BCUT2D eigenvalue weighted by Gasteiger charge is 2.11. The zero-order valence-corrected chi connectivity index (χ0v) is 8.12. The number of allylic oxidation sites excluding steroid dienone is 1. The van der Waals surface area contributed by atoms with Gasteiger partial charge in [-0.2, -0.15) is 0 Å². The van der Waals surface area contributed by atoms with Crippen LogP contribution in [0.2, 0.25) is 0 Å². The van der Waals surface area contributed by atoms with E-state index in [0.29, 0.717) is 0 Å². The first-order chi connectivity index (χ1) is 6.29. The number of rotatable bonds is 5. The van der Waals surface area contributed by atoms with E-state index in [0.717, 1.165) is 30.6 Å². The Morgan fingerprint density at radius 1 is 1.69 bits per heavy atom. The van der Waals surface area contributed by atoms with E-state index < -0.39 is 0 Å². The van der Waals surface area contributed by atoms with Crippen LogP contribution in [-0.2, 0) is 6.42 Å². The summed E-state index contributed by atoms with van der Waals surface area (Å²) < 4.78 is 5.31. The second-order valence-corrected chi connectivity index (χ2v) is 3.13. The third-order valence-electron chi connectivity index (χ3n) is 2.18. The van der Waals surface area contributed by atoms with Crippen LogP contribution >= 0.6 is 0 Å². The van der Waals surface area contributed by atoms with E-state index in [1.54, 1.807) is 6.26 Å². The lowest BCUT2D eigenvalue weighted by atomic mass is 10.0. The van der Waals surface area contributed by atoms with Gasteiger partial charge in [0, 0.05) is 18.0 Å². The normalized spacial score (nSPS) is 12.8. The van der Waals surface area contributed by atoms with Crippen molar-refractivity contribution in [2.45, 2.75) is 32.2 Å². The van der Waals surface area contributed by atoms with Crippen molar-refractivity contribution in [3.63, 3.8) is 0 Å². The smallest absolute Gasteiger partial charge is 0.108 e. The van der Waals surface area contributed by atoms with Crippen molar-refractivity contribution in [1.82, 2.24) is 0 Å². The highest BCUT2D eigenvalue weighted by molar-refractivity contribution is 5.20. The Morgan fingerprint density at radius 2 is 2.46 bits per heavy atom. The Labute approximate surface area is 79.4 Å². The topological polar surface area (TPSA) is 39.2 Å². The molecule has 0 aliphatic rings. The molecular formula is C11H17NO. The molecular weight excluding hydrogens is 162 g/mol. The summed E-state index contributed by atoms with van der Waals surface area (Å²) in [5.41, 5.74) is 7.14. The number of nitrogens with two attached hydrogens (primary N) is 1. The van der Waals surface area contributed by atoms with Gasteiger partial charge in [-0.25, -0.2) is 0 Å². The fourth-order valence-electron chi connectivity index (χ4n) is 1.42. The van der Waals surface area contributed by atoms with Crippen molar-refractivity contribution in [1.29, 1.82) is 0 Å². The second-order valence-electron chi connectivity index (χ2n) is 3.13. The van der Waals surface area contributed by atoms with Gasteiger partial charge in [-0.05, 0) is 18.9 Å². The lowest BCUT2D eigenvalue weighted by Crippen LogP contribution is -2.10. The predicted molar refractivity (Wildman–Crippen MR) is 54.4 cm³/mol. The third-order valence-corrected chi connectivity index (χ3v) is 2.18. The highest BCUT2D eigenvalue weighted by atomic mass is 16.3. The summed E-state index contributed by atoms with van der Waals surface area (Å²) in [4.78, 5) is 0. The quantitative estimate of drug-likeness (QED) is 0.706. The molecule has 0 bridgehead atoms. The molecule has 0 spiro atoms. The van der Waals surface area contributed by atoms with Crippen molar-refractivity contribution in [3.05, 3.63) is 36.3 Å². The minimum Gasteiger partial charge on any atom is -0.469 e. The van der Waals surface area contributed by atoms with Crippen LogP contribution in [0.4, 0.5) is 0 Å². The highest BCUT2D eigenvalue weighted by Crippen LogP contribution is 2.21. The average molecular weight is 179 g/mol. The summed E-state index contributed by atoms with van der Waals surface area (Å²) in [6, 6.07) is 2.05. The second kappa shape index (κ2) is 4.87. The zero-order chi connectivity index (χ0) is 9.68. The molecule has 1 rings (SSSR count). The fourth-order valence-corrected chi connectivity index (χ4v) is 1.42. The maximum absolute atomic E-state index is 5.99. The van der Waals surface area contributed by atoms with Gasteiger partial charge in [0.2, 0.25) is 0 Å². The van der Waals surface area contributed by atoms with Crippen LogP contribution in [-0.4, -0.2) is 0 Å². The zero-order valence-electron chi connectivity index (χ0n) is 8.12. The number of hydrogen-bond donors (Lipinski definition) is 1. The van der Waals surface area contributed by atoms with Gasteiger partial charge in [0.05, 0.1) is 6.26 Å². The molecule has 2 heteroatoms. The van der Waals surface area contributed by atoms with Gasteiger partial charge in [-0.3, -0.25) is 0 Å². The van der Waals surface area contributed by atoms with E-state index >= 15 is 0 Å². The Bertz CT molecular complexity index is 265. The maximum atomic E-state index is 5.99. The molecule has 0 aliphatic carbocycles. The predicted octanol–water partition coefficient (Wildman–Crippen LogP) is 2.81. The first-order valence-corrected chi connectivity index (χ1v) is 4.72. The summed E-state index contributed by atoms with van der Waals surface area (Å²) in [6.45, 7) is 5.75. The molecule has 0 saturated carbocycles. The summed E-state index contributed by atoms with van der Waals surface area (Å²) in [5.74, 6) is 1.01. The van der Waals surface area contributed by atoms with Crippen LogP contribution in [0.1, 0.15) is 37.1 Å². The first-order valence-electron chi connectivity index (χ1n) is 4.72. The van der Waals surface area contributed by atoms with Crippen molar-refractivity contribution in [2.24, 2.45) is 5.73 Å². The molecule has 1 unspecified atom stereocenters.